The maximum atomic E-state index is 13.5. The van der Waals surface area contributed by atoms with Crippen LogP contribution in [-0.2, 0) is 4.79 Å². The number of ether oxygens (including phenoxy) is 1. The number of nitrogens with one attached hydrogen (secondary N) is 2. The molecule has 0 saturated heterocycles. The molecule has 8 heteroatoms. The second-order valence-electron chi connectivity index (χ2n) is 4.65. The van der Waals surface area contributed by atoms with Crippen LogP contribution in [0.15, 0.2) is 36.4 Å². The lowest BCUT2D eigenvalue weighted by molar-refractivity contribution is -0.115. The van der Waals surface area contributed by atoms with Gasteiger partial charge in [-0.2, -0.15) is 0 Å². The molecule has 2 N–H and O–H groups in total. The SMILES string of the molecule is COc1ccccc1C(=O)NCC(=O)Nc1ccc(F)c(F)c1F. The van der Waals surface area contributed by atoms with Crippen LogP contribution in [0.3, 0.4) is 0 Å². The third kappa shape index (κ3) is 3.83. The molecule has 0 aliphatic rings. The van der Waals surface area contributed by atoms with Gasteiger partial charge in [-0.05, 0) is 24.3 Å². The number of para-hydroxylation sites is 1. The fourth-order valence-electron chi connectivity index (χ4n) is 1.90. The number of carbonyl (C=O) groups is 2. The molecule has 2 rings (SSSR count). The van der Waals surface area contributed by atoms with Crippen LogP contribution >= 0.6 is 0 Å². The van der Waals surface area contributed by atoms with Gasteiger partial charge in [0.15, 0.2) is 17.5 Å². The standard InChI is InChI=1S/C16H13F3N2O3/c1-24-12-5-3-2-4-9(12)16(23)20-8-13(22)21-11-7-6-10(17)14(18)15(11)19/h2-7H,8H2,1H3,(H,20,23)(H,21,22). The highest BCUT2D eigenvalue weighted by Gasteiger charge is 2.16. The van der Waals surface area contributed by atoms with Crippen LogP contribution in [0.2, 0.25) is 0 Å². The number of benzene rings is 2. The van der Waals surface area contributed by atoms with E-state index in [2.05, 4.69) is 5.32 Å². The number of amides is 2. The summed E-state index contributed by atoms with van der Waals surface area (Å²) < 4.78 is 44.4. The third-order valence-corrected chi connectivity index (χ3v) is 3.07. The quantitative estimate of drug-likeness (QED) is 0.823. The van der Waals surface area contributed by atoms with Crippen LogP contribution in [0.25, 0.3) is 0 Å². The third-order valence-electron chi connectivity index (χ3n) is 3.07. The summed E-state index contributed by atoms with van der Waals surface area (Å²) in [5.74, 6) is -5.63. The molecule has 0 spiro atoms. The lowest BCUT2D eigenvalue weighted by atomic mass is 10.2. The van der Waals surface area contributed by atoms with Crippen molar-refractivity contribution in [2.24, 2.45) is 0 Å². The average molecular weight is 338 g/mol. The Morgan fingerprint density at radius 3 is 2.46 bits per heavy atom. The van der Waals surface area contributed by atoms with Gasteiger partial charge >= 0.3 is 0 Å². The van der Waals surface area contributed by atoms with Gasteiger partial charge in [0.2, 0.25) is 5.91 Å². The van der Waals surface area contributed by atoms with Gasteiger partial charge in [-0.25, -0.2) is 13.2 Å². The largest absolute Gasteiger partial charge is 0.496 e. The van der Waals surface area contributed by atoms with Gasteiger partial charge in [0.25, 0.3) is 5.91 Å². The zero-order chi connectivity index (χ0) is 17.7. The van der Waals surface area contributed by atoms with Gasteiger partial charge < -0.3 is 15.4 Å². The minimum Gasteiger partial charge on any atom is -0.496 e. The molecule has 0 fully saturated rings. The zero-order valence-electron chi connectivity index (χ0n) is 12.5. The van der Waals surface area contributed by atoms with Crippen LogP contribution in [0.1, 0.15) is 10.4 Å². The van der Waals surface area contributed by atoms with Gasteiger partial charge in [0.1, 0.15) is 5.75 Å². The highest BCUT2D eigenvalue weighted by Crippen LogP contribution is 2.19. The molecular weight excluding hydrogens is 325 g/mol. The number of hydrogen-bond donors (Lipinski definition) is 2. The molecule has 0 unspecified atom stereocenters. The van der Waals surface area contributed by atoms with Gasteiger partial charge in [-0.15, -0.1) is 0 Å². The van der Waals surface area contributed by atoms with Crippen molar-refractivity contribution >= 4 is 17.5 Å². The van der Waals surface area contributed by atoms with E-state index in [-0.39, 0.29) is 5.56 Å². The highest BCUT2D eigenvalue weighted by atomic mass is 19.2. The van der Waals surface area contributed by atoms with Crippen molar-refractivity contribution in [3.05, 3.63) is 59.4 Å². The molecule has 0 heterocycles. The molecule has 126 valence electrons. The molecule has 24 heavy (non-hydrogen) atoms. The predicted octanol–water partition coefficient (Wildman–Crippen LogP) is 2.48. The van der Waals surface area contributed by atoms with E-state index in [0.717, 1.165) is 6.07 Å². The molecule has 0 aliphatic heterocycles. The number of halogens is 3. The van der Waals surface area contributed by atoms with E-state index in [0.29, 0.717) is 11.8 Å². The molecule has 0 atom stereocenters. The van der Waals surface area contributed by atoms with Crippen molar-refractivity contribution < 1.29 is 27.5 Å². The zero-order valence-corrected chi connectivity index (χ0v) is 12.5. The Hall–Kier alpha value is -3.03. The van der Waals surface area contributed by atoms with Crippen LogP contribution in [0, 0.1) is 17.5 Å². The summed E-state index contributed by atoms with van der Waals surface area (Å²) in [6, 6.07) is 7.93. The van der Waals surface area contributed by atoms with Crippen LogP contribution in [0.4, 0.5) is 18.9 Å². The number of hydrogen-bond acceptors (Lipinski definition) is 3. The summed E-state index contributed by atoms with van der Waals surface area (Å²) in [5, 5.41) is 4.37. The van der Waals surface area contributed by atoms with Gasteiger partial charge in [-0.1, -0.05) is 12.1 Å². The first-order valence-corrected chi connectivity index (χ1v) is 6.78. The van der Waals surface area contributed by atoms with E-state index in [1.54, 1.807) is 18.2 Å². The van der Waals surface area contributed by atoms with E-state index in [4.69, 9.17) is 4.74 Å². The maximum Gasteiger partial charge on any atom is 0.255 e. The van der Waals surface area contributed by atoms with E-state index >= 15 is 0 Å². The normalized spacial score (nSPS) is 10.2. The molecule has 2 aromatic rings. The molecule has 0 radical (unpaired) electrons. The van der Waals surface area contributed by atoms with Crippen molar-refractivity contribution in [1.29, 1.82) is 0 Å². The molecule has 0 aromatic heterocycles. The molecule has 5 nitrogen and oxygen atoms in total. The van der Waals surface area contributed by atoms with Gasteiger partial charge in [-0.3, -0.25) is 9.59 Å². The van der Waals surface area contributed by atoms with Gasteiger partial charge in [0.05, 0.1) is 24.9 Å². The van der Waals surface area contributed by atoms with Crippen LogP contribution < -0.4 is 15.4 Å². The summed E-state index contributed by atoms with van der Waals surface area (Å²) in [5.41, 5.74) is -0.308. The van der Waals surface area contributed by atoms with Crippen molar-refractivity contribution in [2.75, 3.05) is 19.0 Å². The second-order valence-corrected chi connectivity index (χ2v) is 4.65. The fourth-order valence-corrected chi connectivity index (χ4v) is 1.90. The van der Waals surface area contributed by atoms with E-state index in [1.165, 1.54) is 13.2 Å². The number of anilines is 1. The maximum absolute atomic E-state index is 13.5. The Labute approximate surface area is 135 Å². The van der Waals surface area contributed by atoms with E-state index < -0.39 is 41.5 Å². The smallest absolute Gasteiger partial charge is 0.255 e. The Bertz CT molecular complexity index is 781. The molecule has 2 amide bonds. The monoisotopic (exact) mass is 338 g/mol. The average Bonchev–Trinajstić information content (AvgIpc) is 2.60. The number of methoxy groups -OCH3 is 1. The Morgan fingerprint density at radius 2 is 1.75 bits per heavy atom. The topological polar surface area (TPSA) is 67.4 Å². The molecular formula is C16H13F3N2O3. The summed E-state index contributed by atoms with van der Waals surface area (Å²) in [6.07, 6.45) is 0. The van der Waals surface area contributed by atoms with Crippen LogP contribution in [0.5, 0.6) is 5.75 Å². The number of rotatable bonds is 5. The Kier molecular flexibility index (Phi) is 5.41. The summed E-state index contributed by atoms with van der Waals surface area (Å²) in [4.78, 5) is 23.7. The lowest BCUT2D eigenvalue weighted by Gasteiger charge is -2.10. The first kappa shape index (κ1) is 17.3. The second kappa shape index (κ2) is 7.49. The van der Waals surface area contributed by atoms with Crippen molar-refractivity contribution in [2.45, 2.75) is 0 Å². The first-order valence-electron chi connectivity index (χ1n) is 6.78. The highest BCUT2D eigenvalue weighted by molar-refractivity contribution is 6.00. The molecule has 0 aliphatic carbocycles. The Morgan fingerprint density at radius 1 is 1.04 bits per heavy atom. The summed E-state index contributed by atoms with van der Waals surface area (Å²) in [7, 11) is 1.39. The van der Waals surface area contributed by atoms with Crippen molar-refractivity contribution in [1.82, 2.24) is 5.32 Å². The fraction of sp³-hybridized carbons (Fsp3) is 0.125. The van der Waals surface area contributed by atoms with Crippen LogP contribution in [-0.4, -0.2) is 25.5 Å². The Balaban J connectivity index is 1.99. The summed E-state index contributed by atoms with van der Waals surface area (Å²) in [6.45, 7) is -0.491. The van der Waals surface area contributed by atoms with E-state index in [1.807, 2.05) is 5.32 Å². The predicted molar refractivity (Wildman–Crippen MR) is 80.3 cm³/mol. The van der Waals surface area contributed by atoms with E-state index in [9.17, 15) is 22.8 Å². The van der Waals surface area contributed by atoms with Crippen molar-refractivity contribution in [3.63, 3.8) is 0 Å². The lowest BCUT2D eigenvalue weighted by Crippen LogP contribution is -2.33. The molecule has 0 saturated carbocycles. The first-order chi connectivity index (χ1) is 11.4. The summed E-state index contributed by atoms with van der Waals surface area (Å²) >= 11 is 0. The minimum atomic E-state index is -1.69. The molecule has 0 bridgehead atoms. The van der Waals surface area contributed by atoms with Crippen molar-refractivity contribution in [3.8, 4) is 5.75 Å². The van der Waals surface area contributed by atoms with Gasteiger partial charge in [0, 0.05) is 0 Å². The number of carbonyl (C=O) groups excluding carboxylic acids is 2. The molecule has 2 aromatic carbocycles. The minimum absolute atomic E-state index is 0.215.